The number of carbonyl (C=O) groups is 2. The van der Waals surface area contributed by atoms with E-state index in [-0.39, 0.29) is 23.9 Å². The van der Waals surface area contributed by atoms with Gasteiger partial charge in [0.05, 0.1) is 0 Å². The van der Waals surface area contributed by atoms with Gasteiger partial charge in [-0.2, -0.15) is 0 Å². The molecule has 0 spiro atoms. The molecule has 1 N–H and O–H groups in total. The largest absolute Gasteiger partial charge is 0.343 e. The van der Waals surface area contributed by atoms with Gasteiger partial charge in [0.2, 0.25) is 11.8 Å². The van der Waals surface area contributed by atoms with Crippen LogP contribution in [0.2, 0.25) is 0 Å². The van der Waals surface area contributed by atoms with Crippen LogP contribution in [-0.2, 0) is 9.59 Å². The number of hydrogen-bond acceptors (Lipinski definition) is 2. The first-order valence-electron chi connectivity index (χ1n) is 7.12. The highest BCUT2D eigenvalue weighted by atomic mass is 16.2. The first kappa shape index (κ1) is 15.0. The number of piperazine rings is 1. The molecule has 0 saturated carbocycles. The van der Waals surface area contributed by atoms with Crippen LogP contribution >= 0.6 is 0 Å². The monoisotopic (exact) mass is 254 g/mol. The van der Waals surface area contributed by atoms with Crippen molar-refractivity contribution in [2.75, 3.05) is 6.54 Å². The molecule has 1 heterocycles. The van der Waals surface area contributed by atoms with Crippen LogP contribution in [0.4, 0.5) is 0 Å². The summed E-state index contributed by atoms with van der Waals surface area (Å²) in [4.78, 5) is 26.3. The van der Waals surface area contributed by atoms with Crippen LogP contribution in [0, 0.1) is 5.92 Å². The zero-order valence-corrected chi connectivity index (χ0v) is 12.0. The molecule has 1 saturated heterocycles. The van der Waals surface area contributed by atoms with Crippen LogP contribution in [0.3, 0.4) is 0 Å². The highest BCUT2D eigenvalue weighted by molar-refractivity contribution is 5.96. The van der Waals surface area contributed by atoms with Gasteiger partial charge in [0.1, 0.15) is 12.1 Å². The number of carbonyl (C=O) groups excluding carboxylic acids is 2. The molecule has 1 aliphatic heterocycles. The van der Waals surface area contributed by atoms with Gasteiger partial charge in [-0.3, -0.25) is 9.59 Å². The number of amides is 2. The molecule has 0 aliphatic carbocycles. The third-order valence-corrected chi connectivity index (χ3v) is 3.31. The van der Waals surface area contributed by atoms with E-state index in [4.69, 9.17) is 0 Å². The lowest BCUT2D eigenvalue weighted by molar-refractivity contribution is -0.150. The van der Waals surface area contributed by atoms with Crippen LogP contribution in [0.5, 0.6) is 0 Å². The molecule has 0 aromatic heterocycles. The summed E-state index contributed by atoms with van der Waals surface area (Å²) < 4.78 is 0. The summed E-state index contributed by atoms with van der Waals surface area (Å²) >= 11 is 0. The predicted molar refractivity (Wildman–Crippen MR) is 72.1 cm³/mol. The molecule has 4 nitrogen and oxygen atoms in total. The quantitative estimate of drug-likeness (QED) is 0.787. The average Bonchev–Trinajstić information content (AvgIpc) is 2.30. The molecule has 4 heteroatoms. The van der Waals surface area contributed by atoms with Crippen LogP contribution in [0.15, 0.2) is 0 Å². The van der Waals surface area contributed by atoms with E-state index in [2.05, 4.69) is 19.2 Å². The first-order valence-corrected chi connectivity index (χ1v) is 7.12. The third kappa shape index (κ3) is 3.47. The zero-order chi connectivity index (χ0) is 13.7. The van der Waals surface area contributed by atoms with Gasteiger partial charge in [-0.15, -0.1) is 0 Å². The Morgan fingerprint density at radius 2 is 1.89 bits per heavy atom. The Morgan fingerprint density at radius 3 is 2.39 bits per heavy atom. The second kappa shape index (κ2) is 6.76. The van der Waals surface area contributed by atoms with E-state index in [1.165, 1.54) is 0 Å². The molecule has 1 rings (SSSR count). The molecule has 0 aromatic carbocycles. The Bertz CT molecular complexity index is 302. The standard InChI is InChI=1S/C14H26N2O2/c1-5-7-11-14(18)16(8-6-2)12(9-10(3)4)13(17)15-11/h10-12H,5-9H2,1-4H3,(H,15,17). The highest BCUT2D eigenvalue weighted by Gasteiger charge is 2.39. The molecule has 1 aliphatic rings. The number of nitrogens with one attached hydrogen (secondary N) is 1. The maximum absolute atomic E-state index is 12.4. The van der Waals surface area contributed by atoms with Crippen LogP contribution < -0.4 is 5.32 Å². The minimum absolute atomic E-state index is 0.0233. The fraction of sp³-hybridized carbons (Fsp3) is 0.857. The number of hydrogen-bond donors (Lipinski definition) is 1. The Kier molecular flexibility index (Phi) is 5.63. The van der Waals surface area contributed by atoms with E-state index in [9.17, 15) is 9.59 Å². The van der Waals surface area contributed by atoms with Gasteiger partial charge < -0.3 is 10.2 Å². The minimum atomic E-state index is -0.308. The summed E-state index contributed by atoms with van der Waals surface area (Å²) in [6.45, 7) is 8.93. The lowest BCUT2D eigenvalue weighted by Crippen LogP contribution is -2.63. The minimum Gasteiger partial charge on any atom is -0.343 e. The first-order chi connectivity index (χ1) is 8.51. The van der Waals surface area contributed by atoms with Gasteiger partial charge >= 0.3 is 0 Å². The Morgan fingerprint density at radius 1 is 1.22 bits per heavy atom. The lowest BCUT2D eigenvalue weighted by atomic mass is 9.96. The SMILES string of the molecule is CCCC1NC(=O)C(CC(C)C)N(CCC)C1=O. The maximum Gasteiger partial charge on any atom is 0.245 e. The van der Waals surface area contributed by atoms with Gasteiger partial charge in [-0.1, -0.05) is 34.1 Å². The van der Waals surface area contributed by atoms with Gasteiger partial charge in [0.25, 0.3) is 0 Å². The van der Waals surface area contributed by atoms with Crippen molar-refractivity contribution in [3.8, 4) is 0 Å². The number of rotatable bonds is 6. The second-order valence-electron chi connectivity index (χ2n) is 5.53. The summed E-state index contributed by atoms with van der Waals surface area (Å²) in [5.41, 5.74) is 0. The molecule has 0 aromatic rings. The van der Waals surface area contributed by atoms with Gasteiger partial charge in [-0.25, -0.2) is 0 Å². The zero-order valence-electron chi connectivity index (χ0n) is 12.0. The van der Waals surface area contributed by atoms with Crippen molar-refractivity contribution in [1.82, 2.24) is 10.2 Å². The van der Waals surface area contributed by atoms with Crippen LogP contribution in [-0.4, -0.2) is 35.3 Å². The molecule has 0 radical (unpaired) electrons. The van der Waals surface area contributed by atoms with E-state index >= 15 is 0 Å². The molecule has 2 unspecified atom stereocenters. The van der Waals surface area contributed by atoms with E-state index < -0.39 is 0 Å². The van der Waals surface area contributed by atoms with E-state index in [0.717, 1.165) is 25.7 Å². The molecule has 104 valence electrons. The highest BCUT2D eigenvalue weighted by Crippen LogP contribution is 2.19. The van der Waals surface area contributed by atoms with Gasteiger partial charge in [0.15, 0.2) is 0 Å². The molecule has 2 atom stereocenters. The second-order valence-corrected chi connectivity index (χ2v) is 5.53. The molecule has 2 amide bonds. The smallest absolute Gasteiger partial charge is 0.245 e. The molecule has 0 bridgehead atoms. The Balaban J connectivity index is 2.84. The molecule has 18 heavy (non-hydrogen) atoms. The van der Waals surface area contributed by atoms with Crippen molar-refractivity contribution in [2.45, 2.75) is 65.5 Å². The van der Waals surface area contributed by atoms with Gasteiger partial charge in [-0.05, 0) is 25.2 Å². The van der Waals surface area contributed by atoms with Crippen molar-refractivity contribution in [3.05, 3.63) is 0 Å². The lowest BCUT2D eigenvalue weighted by Gasteiger charge is -2.39. The van der Waals surface area contributed by atoms with Crippen LogP contribution in [0.25, 0.3) is 0 Å². The summed E-state index contributed by atoms with van der Waals surface area (Å²) in [6.07, 6.45) is 3.29. The van der Waals surface area contributed by atoms with Crippen molar-refractivity contribution >= 4 is 11.8 Å². The van der Waals surface area contributed by atoms with Crippen molar-refractivity contribution in [3.63, 3.8) is 0 Å². The molecule has 1 fully saturated rings. The van der Waals surface area contributed by atoms with Crippen molar-refractivity contribution in [1.29, 1.82) is 0 Å². The van der Waals surface area contributed by atoms with Crippen LogP contribution in [0.1, 0.15) is 53.4 Å². The Labute approximate surface area is 110 Å². The summed E-state index contributed by atoms with van der Waals surface area (Å²) in [6, 6.07) is -0.581. The summed E-state index contributed by atoms with van der Waals surface area (Å²) in [5, 5.41) is 2.88. The average molecular weight is 254 g/mol. The fourth-order valence-corrected chi connectivity index (χ4v) is 2.50. The predicted octanol–water partition coefficient (Wildman–Crippen LogP) is 1.94. The number of nitrogens with zero attached hydrogens (tertiary/aromatic N) is 1. The molecular formula is C14H26N2O2. The maximum atomic E-state index is 12.4. The summed E-state index contributed by atoms with van der Waals surface area (Å²) in [7, 11) is 0. The van der Waals surface area contributed by atoms with Crippen molar-refractivity contribution in [2.24, 2.45) is 5.92 Å². The fourth-order valence-electron chi connectivity index (χ4n) is 2.50. The third-order valence-electron chi connectivity index (χ3n) is 3.31. The molecular weight excluding hydrogens is 228 g/mol. The van der Waals surface area contributed by atoms with Crippen molar-refractivity contribution < 1.29 is 9.59 Å². The van der Waals surface area contributed by atoms with E-state index in [1.54, 1.807) is 4.90 Å². The normalized spacial score (nSPS) is 24.6. The Hall–Kier alpha value is -1.06. The summed E-state index contributed by atoms with van der Waals surface area (Å²) in [5.74, 6) is 0.537. The van der Waals surface area contributed by atoms with E-state index in [0.29, 0.717) is 12.5 Å². The van der Waals surface area contributed by atoms with Gasteiger partial charge in [0, 0.05) is 6.54 Å². The topological polar surface area (TPSA) is 49.4 Å². The van der Waals surface area contributed by atoms with E-state index in [1.807, 2.05) is 13.8 Å².